The van der Waals surface area contributed by atoms with E-state index in [9.17, 15) is 0 Å². The molecule has 0 spiro atoms. The van der Waals surface area contributed by atoms with Crippen LogP contribution in [0.1, 0.15) is 26.9 Å². The number of aromatic amines is 1. The molecular formula is C13H17N2+. The van der Waals surface area contributed by atoms with Gasteiger partial charge >= 0.3 is 1.41 Å². The minimum atomic E-state index is -2.33. The van der Waals surface area contributed by atoms with E-state index in [0.717, 1.165) is 21.9 Å². The van der Waals surface area contributed by atoms with Crippen molar-refractivity contribution < 1.29 is 10.1 Å². The molecule has 1 heterocycles. The van der Waals surface area contributed by atoms with Crippen molar-refractivity contribution in [3.05, 3.63) is 47.0 Å². The normalized spacial score (nSPS) is 15.4. The zero-order chi connectivity index (χ0) is 14.4. The molecule has 0 atom stereocenters. The molecule has 15 heavy (non-hydrogen) atoms. The fourth-order valence-electron chi connectivity index (χ4n) is 1.72. The Hall–Kier alpha value is -1.57. The van der Waals surface area contributed by atoms with Gasteiger partial charge < -0.3 is 0 Å². The highest BCUT2D eigenvalue weighted by molar-refractivity contribution is 5.33. The molecule has 0 amide bonds. The van der Waals surface area contributed by atoms with Gasteiger partial charge in [-0.25, -0.2) is 4.98 Å². The summed E-state index contributed by atoms with van der Waals surface area (Å²) in [6.07, 6.45) is 0. The summed E-state index contributed by atoms with van der Waals surface area (Å²) in [5.41, 5.74) is 3.19. The Morgan fingerprint density at radius 2 is 2.00 bits per heavy atom. The van der Waals surface area contributed by atoms with Crippen LogP contribution >= 0.6 is 0 Å². The fraction of sp³-hybridized carbons (Fsp3) is 0.308. The smallest absolute Gasteiger partial charge is 0.245 e. The van der Waals surface area contributed by atoms with Crippen LogP contribution in [0, 0.1) is 27.6 Å². The summed E-state index contributed by atoms with van der Waals surface area (Å²) in [6, 6.07) is 7.58. The molecule has 0 aliphatic carbocycles. The molecule has 2 aromatic rings. The third-order valence-electron chi connectivity index (χ3n) is 2.70. The van der Waals surface area contributed by atoms with Crippen molar-refractivity contribution in [3.63, 3.8) is 0 Å². The minimum absolute atomic E-state index is 0.0109. The third kappa shape index (κ3) is 1.56. The summed E-state index contributed by atoms with van der Waals surface area (Å²) < 4.78 is 32.6. The third-order valence-corrected chi connectivity index (χ3v) is 2.70. The number of aryl methyl sites for hydroxylation is 1. The number of hydrogen-bond acceptors (Lipinski definition) is 0. The zero-order valence-electron chi connectivity index (χ0n) is 13.2. The largest absolute Gasteiger partial charge is 0.312 e. The van der Waals surface area contributed by atoms with Gasteiger partial charge in [0.1, 0.15) is 17.1 Å². The number of para-hydroxylation sites is 1. The Labute approximate surface area is 96.3 Å². The number of hydrogen-bond donors (Lipinski definition) is 1. The van der Waals surface area contributed by atoms with Gasteiger partial charge in [0.05, 0.1) is 0 Å². The molecule has 0 radical (unpaired) electrons. The van der Waals surface area contributed by atoms with Crippen LogP contribution in [0.15, 0.2) is 24.3 Å². The molecule has 1 aromatic carbocycles. The molecule has 2 nitrogen and oxygen atoms in total. The predicted octanol–water partition coefficient (Wildman–Crippen LogP) is 2.53. The first-order valence-corrected chi connectivity index (χ1v) is 4.95. The molecule has 0 unspecified atom stereocenters. The Morgan fingerprint density at radius 3 is 2.67 bits per heavy atom. The van der Waals surface area contributed by atoms with Gasteiger partial charge in [-0.15, -0.1) is 0 Å². The maximum Gasteiger partial charge on any atom is 0.312 e. The summed E-state index contributed by atoms with van der Waals surface area (Å²) in [4.78, 5) is 1.01. The Morgan fingerprint density at radius 1 is 1.27 bits per heavy atom. The number of benzene rings is 1. The first-order chi connectivity index (χ1) is 8.75. The van der Waals surface area contributed by atoms with Crippen LogP contribution in [0.3, 0.4) is 0 Å². The van der Waals surface area contributed by atoms with Crippen molar-refractivity contribution in [1.29, 1.82) is 0 Å². The molecule has 78 valence electrons. The number of H-pyrrole nitrogens is 1. The molecule has 0 aliphatic rings. The van der Waals surface area contributed by atoms with Gasteiger partial charge in [0.15, 0.2) is 0 Å². The molecule has 0 saturated carbocycles. The maximum atomic E-state index is 7.97. The summed E-state index contributed by atoms with van der Waals surface area (Å²) in [6.45, 7) is 3.19. The van der Waals surface area contributed by atoms with Gasteiger partial charge in [-0.05, 0) is 18.6 Å². The van der Waals surface area contributed by atoms with Crippen LogP contribution in [0.2, 0.25) is 1.41 Å². The van der Waals surface area contributed by atoms with E-state index in [2.05, 4.69) is 0 Å². The van der Waals surface area contributed by atoms with E-state index in [-0.39, 0.29) is 5.82 Å². The lowest BCUT2D eigenvalue weighted by atomic mass is 10.2. The average molecular weight is 205 g/mol. The maximum absolute atomic E-state index is 7.97. The minimum Gasteiger partial charge on any atom is -0.245 e. The van der Waals surface area contributed by atoms with Crippen molar-refractivity contribution >= 4 is 0 Å². The number of rotatable bonds is 1. The highest BCUT2D eigenvalue weighted by Gasteiger charge is 2.17. The van der Waals surface area contributed by atoms with Crippen LogP contribution in [-0.4, -0.2) is 4.98 Å². The molecule has 2 rings (SSSR count). The zero-order valence-corrected chi connectivity index (χ0v) is 9.20. The second-order valence-corrected chi connectivity index (χ2v) is 3.73. The van der Waals surface area contributed by atoms with E-state index >= 15 is 0 Å². The summed E-state index contributed by atoms with van der Waals surface area (Å²) in [5.74, 6) is 0.0109. The van der Waals surface area contributed by atoms with Gasteiger partial charge in [-0.3, -0.25) is 0 Å². The van der Waals surface area contributed by atoms with E-state index in [1.54, 1.807) is 11.5 Å². The van der Waals surface area contributed by atoms with E-state index in [4.69, 9.17) is 5.52 Å². The first kappa shape index (κ1) is 6.11. The quantitative estimate of drug-likeness (QED) is 0.690. The molecule has 0 bridgehead atoms. The highest BCUT2D eigenvalue weighted by atomic mass is 15.1. The molecule has 0 aliphatic heterocycles. The second kappa shape index (κ2) is 3.54. The predicted molar refractivity (Wildman–Crippen MR) is 61.3 cm³/mol. The van der Waals surface area contributed by atoms with Crippen LogP contribution in [0.25, 0.3) is 5.69 Å². The van der Waals surface area contributed by atoms with Crippen LogP contribution in [-0.2, 0) is 0 Å². The van der Waals surface area contributed by atoms with Crippen molar-refractivity contribution in [1.82, 2.24) is 4.98 Å². The van der Waals surface area contributed by atoms with Crippen LogP contribution in [0.5, 0.6) is 0 Å². The van der Waals surface area contributed by atoms with Crippen molar-refractivity contribution in [3.8, 4) is 5.69 Å². The lowest BCUT2D eigenvalue weighted by Gasteiger charge is -2.03. The van der Waals surface area contributed by atoms with Gasteiger partial charge in [0.25, 0.3) is 5.82 Å². The first-order valence-electron chi connectivity index (χ1n) is 6.89. The number of nitrogens with one attached hydrogen (secondary N) is 1. The molecular weight excluding hydrogens is 184 g/mol. The average Bonchev–Trinajstić information content (AvgIpc) is 2.54. The van der Waals surface area contributed by atoms with E-state index in [0.29, 0.717) is 5.69 Å². The standard InChI is InChI=1S/C13H16N2/c1-9-7-5-6-8-13(9)15-11(3)10(2)14-12(15)4/h5-8H,1-4H3/p+1/i4D3/hD. The summed E-state index contributed by atoms with van der Waals surface area (Å²) in [5, 5.41) is 0. The number of imidazole rings is 1. The summed E-state index contributed by atoms with van der Waals surface area (Å²) >= 11 is 0. The van der Waals surface area contributed by atoms with Crippen molar-refractivity contribution in [2.45, 2.75) is 27.6 Å². The molecule has 0 fully saturated rings. The van der Waals surface area contributed by atoms with Crippen LogP contribution in [0.4, 0.5) is 0 Å². The van der Waals surface area contributed by atoms with Crippen LogP contribution < -0.4 is 4.57 Å². The molecule has 0 saturated heterocycles. The lowest BCUT2D eigenvalue weighted by Crippen LogP contribution is -2.35. The Kier molecular flexibility index (Phi) is 1.44. The van der Waals surface area contributed by atoms with E-state index in [1.807, 2.05) is 38.1 Å². The van der Waals surface area contributed by atoms with E-state index < -0.39 is 6.85 Å². The SMILES string of the molecule is [2H]n1c(C)c(C)[n+](-c2ccccc2C)c1C([2H])([2H])[2H]. The Bertz CT molecular complexity index is 626. The van der Waals surface area contributed by atoms with Gasteiger partial charge in [-0.1, -0.05) is 18.2 Å². The molecule has 1 N–H and O–H groups in total. The second-order valence-electron chi connectivity index (χ2n) is 3.73. The van der Waals surface area contributed by atoms with Crippen molar-refractivity contribution in [2.24, 2.45) is 0 Å². The number of nitrogens with zero attached hydrogens (tertiary/aromatic N) is 1. The molecule has 1 aromatic heterocycles. The fourth-order valence-corrected chi connectivity index (χ4v) is 1.72. The monoisotopic (exact) mass is 205 g/mol. The molecule has 2 heteroatoms. The van der Waals surface area contributed by atoms with E-state index in [1.165, 1.54) is 0 Å². The van der Waals surface area contributed by atoms with Crippen molar-refractivity contribution in [2.75, 3.05) is 0 Å². The lowest BCUT2D eigenvalue weighted by molar-refractivity contribution is -0.608. The number of aromatic nitrogens is 2. The van der Waals surface area contributed by atoms with Gasteiger partial charge in [-0.2, -0.15) is 4.57 Å². The van der Waals surface area contributed by atoms with Gasteiger partial charge in [0, 0.05) is 24.8 Å². The topological polar surface area (TPSA) is 19.7 Å². The Balaban J connectivity index is 2.85. The highest BCUT2D eigenvalue weighted by Crippen LogP contribution is 2.10. The summed E-state index contributed by atoms with van der Waals surface area (Å²) in [7, 11) is 0. The van der Waals surface area contributed by atoms with Gasteiger partial charge in [0.2, 0.25) is 0 Å².